The van der Waals surface area contributed by atoms with E-state index in [4.69, 9.17) is 10.5 Å². The van der Waals surface area contributed by atoms with Crippen LogP contribution in [-0.4, -0.2) is 30.2 Å². The molecule has 0 aliphatic carbocycles. The number of H-pyrrole nitrogens is 1. The Kier molecular flexibility index (Phi) is 4.57. The van der Waals surface area contributed by atoms with Crippen LogP contribution in [0.2, 0.25) is 0 Å². The zero-order valence-corrected chi connectivity index (χ0v) is 16.1. The summed E-state index contributed by atoms with van der Waals surface area (Å²) in [6.45, 7) is 0.492. The molecule has 3 heterocycles. The number of aromatic amines is 1. The van der Waals surface area contributed by atoms with Gasteiger partial charge in [0.05, 0.1) is 11.9 Å². The van der Waals surface area contributed by atoms with E-state index in [1.54, 1.807) is 0 Å². The van der Waals surface area contributed by atoms with E-state index >= 15 is 0 Å². The third-order valence-corrected chi connectivity index (χ3v) is 4.75. The summed E-state index contributed by atoms with van der Waals surface area (Å²) in [5.74, 6) is 1.28. The van der Waals surface area contributed by atoms with Crippen LogP contribution in [0.4, 0.5) is 5.82 Å². The maximum atomic E-state index is 5.90. The molecule has 0 atom stereocenters. The Morgan fingerprint density at radius 1 is 1.00 bits per heavy atom. The van der Waals surface area contributed by atoms with Crippen LogP contribution in [0.1, 0.15) is 16.7 Å². The number of nitrogens with one attached hydrogen (secondary N) is 1. The van der Waals surface area contributed by atoms with Gasteiger partial charge in [0, 0.05) is 12.6 Å². The minimum Gasteiger partial charge on any atom is -0.489 e. The van der Waals surface area contributed by atoms with Crippen molar-refractivity contribution in [2.45, 2.75) is 13.0 Å². The van der Waals surface area contributed by atoms with Gasteiger partial charge in [-0.1, -0.05) is 35.5 Å². The fraction of sp³-hybridized carbons (Fsp3) is 0.0909. The van der Waals surface area contributed by atoms with Crippen LogP contribution in [0.15, 0.2) is 73.1 Å². The molecule has 0 aliphatic rings. The minimum atomic E-state index is 0.432. The first-order valence-corrected chi connectivity index (χ1v) is 9.51. The summed E-state index contributed by atoms with van der Waals surface area (Å²) in [7, 11) is 0. The van der Waals surface area contributed by atoms with Crippen molar-refractivity contribution in [2.24, 2.45) is 0 Å². The molecule has 0 saturated carbocycles. The highest BCUT2D eigenvalue weighted by atomic mass is 16.5. The van der Waals surface area contributed by atoms with Crippen LogP contribution in [-0.2, 0) is 13.0 Å². The van der Waals surface area contributed by atoms with E-state index in [1.807, 2.05) is 71.7 Å². The van der Waals surface area contributed by atoms with Crippen LogP contribution in [0.5, 0.6) is 5.75 Å². The average molecular weight is 397 g/mol. The van der Waals surface area contributed by atoms with E-state index in [0.717, 1.165) is 33.6 Å². The molecule has 3 aromatic heterocycles. The maximum absolute atomic E-state index is 5.90. The molecule has 0 unspecified atom stereocenters. The first-order chi connectivity index (χ1) is 14.7. The van der Waals surface area contributed by atoms with Crippen molar-refractivity contribution in [1.29, 1.82) is 0 Å². The highest BCUT2D eigenvalue weighted by molar-refractivity contribution is 5.76. The van der Waals surface area contributed by atoms with Crippen molar-refractivity contribution >= 4 is 17.0 Å². The molecule has 8 heteroatoms. The Bertz CT molecular complexity index is 1290. The Labute approximate surface area is 172 Å². The number of para-hydroxylation sites is 1. The molecule has 0 saturated heterocycles. The van der Waals surface area contributed by atoms with Crippen LogP contribution in [0.3, 0.4) is 0 Å². The average Bonchev–Trinajstić information content (AvgIpc) is 3.43. The number of aromatic nitrogens is 6. The second-order valence-corrected chi connectivity index (χ2v) is 6.96. The second kappa shape index (κ2) is 7.67. The molecular formula is C22H19N7O. The fourth-order valence-corrected chi connectivity index (χ4v) is 3.34. The van der Waals surface area contributed by atoms with E-state index < -0.39 is 0 Å². The van der Waals surface area contributed by atoms with Gasteiger partial charge in [-0.25, -0.2) is 14.8 Å². The van der Waals surface area contributed by atoms with E-state index in [-0.39, 0.29) is 0 Å². The molecule has 0 fully saturated rings. The summed E-state index contributed by atoms with van der Waals surface area (Å²) in [4.78, 5) is 4.20. The van der Waals surface area contributed by atoms with Crippen molar-refractivity contribution in [2.75, 3.05) is 5.73 Å². The predicted molar refractivity (Wildman–Crippen MR) is 113 cm³/mol. The fourth-order valence-electron chi connectivity index (χ4n) is 3.34. The van der Waals surface area contributed by atoms with E-state index in [1.165, 1.54) is 0 Å². The number of hydrogen-bond donors (Lipinski definition) is 2. The van der Waals surface area contributed by atoms with Crippen LogP contribution >= 0.6 is 0 Å². The molecule has 0 spiro atoms. The molecule has 0 aliphatic heterocycles. The van der Waals surface area contributed by atoms with E-state index in [9.17, 15) is 0 Å². The lowest BCUT2D eigenvalue weighted by Crippen LogP contribution is -1.99. The van der Waals surface area contributed by atoms with Crippen molar-refractivity contribution < 1.29 is 4.74 Å². The normalized spacial score (nSPS) is 11.1. The number of nitrogens with zero attached hydrogens (tertiary/aromatic N) is 5. The Morgan fingerprint density at radius 2 is 1.90 bits per heavy atom. The number of fused-ring (bicyclic) bond motifs is 1. The first kappa shape index (κ1) is 17.9. The monoisotopic (exact) mass is 397 g/mol. The lowest BCUT2D eigenvalue weighted by molar-refractivity contribution is 0.306. The molecule has 8 nitrogen and oxygen atoms in total. The molecule has 0 radical (unpaired) electrons. The molecule has 30 heavy (non-hydrogen) atoms. The highest BCUT2D eigenvalue weighted by Crippen LogP contribution is 2.20. The summed E-state index contributed by atoms with van der Waals surface area (Å²) >= 11 is 0. The number of nitrogen functional groups attached to an aromatic ring is 1. The van der Waals surface area contributed by atoms with Crippen LogP contribution in [0, 0.1) is 0 Å². The van der Waals surface area contributed by atoms with Gasteiger partial charge in [0.15, 0.2) is 5.65 Å². The lowest BCUT2D eigenvalue weighted by Gasteiger charge is -2.08. The zero-order valence-electron chi connectivity index (χ0n) is 16.1. The standard InChI is InChI=1S/C22H19N7O/c23-20-11-17(21-22(25-20)27-28-26-21)9-16-12-24-29(13-16)18-6-4-5-15(10-18)14-30-19-7-2-1-3-8-19/h1-8,10-13H,9,14H2,(H3,23,25,26,27,28). The number of rotatable bonds is 6. The summed E-state index contributed by atoms with van der Waals surface area (Å²) in [5.41, 5.74) is 11.2. The Hall–Kier alpha value is -4.20. The van der Waals surface area contributed by atoms with Gasteiger partial charge < -0.3 is 10.5 Å². The number of pyridine rings is 1. The summed E-state index contributed by atoms with van der Waals surface area (Å²) < 4.78 is 7.70. The van der Waals surface area contributed by atoms with Gasteiger partial charge in [-0.15, -0.1) is 5.10 Å². The smallest absolute Gasteiger partial charge is 0.178 e. The third kappa shape index (κ3) is 3.70. The molecular weight excluding hydrogens is 378 g/mol. The number of benzene rings is 2. The SMILES string of the molecule is Nc1cc(Cc2cnn(-c3cccc(COc4ccccc4)c3)c2)c2nn[nH]c2n1. The van der Waals surface area contributed by atoms with Gasteiger partial charge in [-0.05, 0) is 47.0 Å². The highest BCUT2D eigenvalue weighted by Gasteiger charge is 2.10. The predicted octanol–water partition coefficient (Wildman–Crippen LogP) is 3.29. The van der Waals surface area contributed by atoms with Crippen LogP contribution in [0.25, 0.3) is 16.9 Å². The zero-order chi connectivity index (χ0) is 20.3. The quantitative estimate of drug-likeness (QED) is 0.455. The van der Waals surface area contributed by atoms with Gasteiger partial charge in [0.2, 0.25) is 0 Å². The molecule has 148 valence electrons. The van der Waals surface area contributed by atoms with Crippen molar-refractivity contribution in [3.63, 3.8) is 0 Å². The number of anilines is 1. The number of hydrogen-bond acceptors (Lipinski definition) is 6. The molecule has 0 amide bonds. The Balaban J connectivity index is 1.34. The van der Waals surface area contributed by atoms with Crippen LogP contribution < -0.4 is 10.5 Å². The molecule has 0 bridgehead atoms. The van der Waals surface area contributed by atoms with Gasteiger partial charge in [-0.2, -0.15) is 5.10 Å². The summed E-state index contributed by atoms with van der Waals surface area (Å²) in [6, 6.07) is 19.7. The van der Waals surface area contributed by atoms with Gasteiger partial charge >= 0.3 is 0 Å². The van der Waals surface area contributed by atoms with Gasteiger partial charge in [0.1, 0.15) is 23.7 Å². The molecule has 3 N–H and O–H groups in total. The topological polar surface area (TPSA) is 108 Å². The largest absolute Gasteiger partial charge is 0.489 e. The molecule has 5 aromatic rings. The maximum Gasteiger partial charge on any atom is 0.178 e. The van der Waals surface area contributed by atoms with Crippen molar-refractivity contribution in [3.05, 3.63) is 89.7 Å². The van der Waals surface area contributed by atoms with Crippen molar-refractivity contribution in [3.8, 4) is 11.4 Å². The summed E-state index contributed by atoms with van der Waals surface area (Å²) in [6.07, 6.45) is 4.47. The first-order valence-electron chi connectivity index (χ1n) is 9.51. The Morgan fingerprint density at radius 3 is 2.80 bits per heavy atom. The van der Waals surface area contributed by atoms with Crippen molar-refractivity contribution in [1.82, 2.24) is 30.2 Å². The molecule has 5 rings (SSSR count). The number of nitrogens with two attached hydrogens (primary N) is 1. The second-order valence-electron chi connectivity index (χ2n) is 6.96. The number of ether oxygens (including phenoxy) is 1. The lowest BCUT2D eigenvalue weighted by atomic mass is 10.1. The minimum absolute atomic E-state index is 0.432. The molecule has 2 aromatic carbocycles. The third-order valence-electron chi connectivity index (χ3n) is 4.75. The van der Waals surface area contributed by atoms with Gasteiger partial charge in [0.25, 0.3) is 0 Å². The van der Waals surface area contributed by atoms with E-state index in [0.29, 0.717) is 24.5 Å². The van der Waals surface area contributed by atoms with Gasteiger partial charge in [-0.3, -0.25) is 0 Å². The van der Waals surface area contributed by atoms with E-state index in [2.05, 4.69) is 31.6 Å². The summed E-state index contributed by atoms with van der Waals surface area (Å²) in [5, 5.41) is 15.2.